The van der Waals surface area contributed by atoms with Crippen molar-refractivity contribution in [2.45, 2.75) is 38.8 Å². The van der Waals surface area contributed by atoms with E-state index in [1.54, 1.807) is 4.90 Å². The lowest BCUT2D eigenvalue weighted by Gasteiger charge is -2.34. The second-order valence-corrected chi connectivity index (χ2v) is 6.05. The smallest absolute Gasteiger partial charge is 0.362 e. The van der Waals surface area contributed by atoms with Gasteiger partial charge in [-0.2, -0.15) is 13.2 Å². The van der Waals surface area contributed by atoms with Crippen molar-refractivity contribution < 1.29 is 22.7 Å². The summed E-state index contributed by atoms with van der Waals surface area (Å²) in [5.41, 5.74) is 0. The van der Waals surface area contributed by atoms with Crippen molar-refractivity contribution in [1.29, 1.82) is 0 Å². The summed E-state index contributed by atoms with van der Waals surface area (Å²) in [5.74, 6) is 0.212. The molecule has 1 fully saturated rings. The van der Waals surface area contributed by atoms with Crippen molar-refractivity contribution in [3.05, 3.63) is 0 Å². The van der Waals surface area contributed by atoms with Crippen LogP contribution in [0.15, 0.2) is 0 Å². The van der Waals surface area contributed by atoms with Crippen molar-refractivity contribution >= 4 is 5.91 Å². The lowest BCUT2D eigenvalue weighted by molar-refractivity contribution is -0.178. The Balaban J connectivity index is 2.20. The first-order chi connectivity index (χ1) is 10.3. The van der Waals surface area contributed by atoms with Gasteiger partial charge in [-0.1, -0.05) is 13.3 Å². The molecule has 1 saturated heterocycles. The Morgan fingerprint density at radius 2 is 1.95 bits per heavy atom. The molecule has 1 amide bonds. The molecule has 1 aliphatic rings. The highest BCUT2D eigenvalue weighted by molar-refractivity contribution is 5.77. The predicted molar refractivity (Wildman–Crippen MR) is 78.6 cm³/mol. The zero-order valence-corrected chi connectivity index (χ0v) is 13.5. The molecule has 4 nitrogen and oxygen atoms in total. The van der Waals surface area contributed by atoms with Crippen molar-refractivity contribution in [2.75, 3.05) is 46.4 Å². The van der Waals surface area contributed by atoms with Crippen LogP contribution in [0.3, 0.4) is 0 Å². The Labute approximate surface area is 130 Å². The van der Waals surface area contributed by atoms with Gasteiger partial charge in [0.2, 0.25) is 5.91 Å². The van der Waals surface area contributed by atoms with Crippen LogP contribution in [0.1, 0.15) is 32.6 Å². The predicted octanol–water partition coefficient (Wildman–Crippen LogP) is 2.54. The van der Waals surface area contributed by atoms with E-state index < -0.39 is 19.4 Å². The molecule has 0 atom stereocenters. The van der Waals surface area contributed by atoms with E-state index >= 15 is 0 Å². The fraction of sp³-hybridized carbons (Fsp3) is 0.933. The third kappa shape index (κ3) is 7.98. The first-order valence-corrected chi connectivity index (χ1v) is 7.92. The molecule has 0 aromatic rings. The van der Waals surface area contributed by atoms with Crippen LogP contribution >= 0.6 is 0 Å². The lowest BCUT2D eigenvalue weighted by Crippen LogP contribution is -2.43. The second kappa shape index (κ2) is 9.35. The maximum absolute atomic E-state index is 12.0. The number of ether oxygens (including phenoxy) is 1. The average Bonchev–Trinajstić information content (AvgIpc) is 2.44. The topological polar surface area (TPSA) is 32.8 Å². The molecule has 0 aromatic heterocycles. The summed E-state index contributed by atoms with van der Waals surface area (Å²) in [5, 5.41) is 0. The Morgan fingerprint density at radius 3 is 2.50 bits per heavy atom. The van der Waals surface area contributed by atoms with Crippen LogP contribution in [0.25, 0.3) is 0 Å². The van der Waals surface area contributed by atoms with E-state index in [4.69, 9.17) is 0 Å². The van der Waals surface area contributed by atoms with Crippen molar-refractivity contribution in [2.24, 2.45) is 5.92 Å². The van der Waals surface area contributed by atoms with Gasteiger partial charge < -0.3 is 14.5 Å². The molecule has 0 spiro atoms. The van der Waals surface area contributed by atoms with Gasteiger partial charge in [0, 0.05) is 19.6 Å². The molecule has 0 radical (unpaired) electrons. The molecule has 0 aliphatic carbocycles. The fourth-order valence-electron chi connectivity index (χ4n) is 2.67. The Bertz CT molecular complexity index is 329. The number of nitrogens with zero attached hydrogens (tertiary/aromatic N) is 2. The molecule has 22 heavy (non-hydrogen) atoms. The van der Waals surface area contributed by atoms with Gasteiger partial charge in [-0.25, -0.2) is 0 Å². The molecule has 0 unspecified atom stereocenters. The van der Waals surface area contributed by atoms with Crippen molar-refractivity contribution in [3.8, 4) is 0 Å². The molecule has 0 saturated carbocycles. The maximum atomic E-state index is 12.0. The Morgan fingerprint density at radius 1 is 1.32 bits per heavy atom. The molecule has 7 heteroatoms. The van der Waals surface area contributed by atoms with Gasteiger partial charge in [0.15, 0.2) is 0 Å². The minimum absolute atomic E-state index is 0.345. The second-order valence-electron chi connectivity index (χ2n) is 6.05. The summed E-state index contributed by atoms with van der Waals surface area (Å²) < 4.78 is 40.3. The zero-order chi connectivity index (χ0) is 16.6. The van der Waals surface area contributed by atoms with Crippen molar-refractivity contribution in [1.82, 2.24) is 9.80 Å². The van der Waals surface area contributed by atoms with Crippen LogP contribution < -0.4 is 0 Å². The van der Waals surface area contributed by atoms with E-state index in [9.17, 15) is 18.0 Å². The van der Waals surface area contributed by atoms with Gasteiger partial charge in [-0.15, -0.1) is 0 Å². The average molecular weight is 324 g/mol. The van der Waals surface area contributed by atoms with Crippen LogP contribution in [-0.2, 0) is 9.53 Å². The molecular formula is C15H27F3N2O2. The summed E-state index contributed by atoms with van der Waals surface area (Å²) in [4.78, 5) is 15.7. The number of hydrogen-bond acceptors (Lipinski definition) is 3. The summed E-state index contributed by atoms with van der Waals surface area (Å²) in [7, 11) is 2.11. The van der Waals surface area contributed by atoms with Crippen molar-refractivity contribution in [3.63, 3.8) is 0 Å². The molecule has 1 rings (SSSR count). The minimum atomic E-state index is -4.38. The molecule has 130 valence electrons. The molecular weight excluding hydrogens is 297 g/mol. The largest absolute Gasteiger partial charge is 0.411 e. The third-order valence-electron chi connectivity index (χ3n) is 3.92. The number of carbonyl (C=O) groups is 1. The number of alkyl halides is 3. The first-order valence-electron chi connectivity index (χ1n) is 7.92. The SMILES string of the molecule is CCCCN(C)CC1CCN(C(=O)COCC(F)(F)F)CC1. The number of hydrogen-bond donors (Lipinski definition) is 0. The molecule has 0 bridgehead atoms. The number of halogens is 3. The molecule has 0 N–H and O–H groups in total. The first kappa shape index (κ1) is 19.2. The third-order valence-corrected chi connectivity index (χ3v) is 3.92. The van der Waals surface area contributed by atoms with Crippen LogP contribution in [-0.4, -0.2) is 68.3 Å². The number of carbonyl (C=O) groups excluding carboxylic acids is 1. The minimum Gasteiger partial charge on any atom is -0.362 e. The zero-order valence-electron chi connectivity index (χ0n) is 13.5. The number of amides is 1. The number of piperidine rings is 1. The van der Waals surface area contributed by atoms with E-state index in [0.717, 1.165) is 25.9 Å². The van der Waals surface area contributed by atoms with Gasteiger partial charge in [0.05, 0.1) is 0 Å². The van der Waals surface area contributed by atoms with E-state index in [0.29, 0.717) is 19.0 Å². The van der Waals surface area contributed by atoms with Crippen LogP contribution in [0.5, 0.6) is 0 Å². The summed E-state index contributed by atoms with van der Waals surface area (Å²) in [6.07, 6.45) is -0.209. The molecule has 1 aliphatic heterocycles. The lowest BCUT2D eigenvalue weighted by atomic mass is 9.96. The highest BCUT2D eigenvalue weighted by atomic mass is 19.4. The Hall–Kier alpha value is -0.820. The van der Waals surface area contributed by atoms with Crippen LogP contribution in [0.4, 0.5) is 13.2 Å². The standard InChI is InChI=1S/C15H27F3N2O2/c1-3-4-7-19(2)10-13-5-8-20(9-6-13)14(21)11-22-12-15(16,17)18/h13H,3-12H2,1-2H3. The number of likely N-dealkylation sites (tertiary alicyclic amines) is 1. The van der Waals surface area contributed by atoms with Gasteiger partial charge in [-0.3, -0.25) is 4.79 Å². The number of unbranched alkanes of at least 4 members (excludes halogenated alkanes) is 1. The highest BCUT2D eigenvalue weighted by Crippen LogP contribution is 2.19. The van der Waals surface area contributed by atoms with E-state index in [1.165, 1.54) is 12.8 Å². The monoisotopic (exact) mass is 324 g/mol. The van der Waals surface area contributed by atoms with Crippen LogP contribution in [0, 0.1) is 5.92 Å². The van der Waals surface area contributed by atoms with Gasteiger partial charge in [0.1, 0.15) is 13.2 Å². The van der Waals surface area contributed by atoms with Gasteiger partial charge in [-0.05, 0) is 38.8 Å². The summed E-state index contributed by atoms with van der Waals surface area (Å²) >= 11 is 0. The molecule has 1 heterocycles. The van der Waals surface area contributed by atoms with Gasteiger partial charge in [0.25, 0.3) is 0 Å². The highest BCUT2D eigenvalue weighted by Gasteiger charge is 2.29. The summed E-state index contributed by atoms with van der Waals surface area (Å²) in [6, 6.07) is 0. The maximum Gasteiger partial charge on any atom is 0.411 e. The van der Waals surface area contributed by atoms with E-state index in [-0.39, 0.29) is 5.91 Å². The Kier molecular flexibility index (Phi) is 8.17. The summed E-state index contributed by atoms with van der Waals surface area (Å²) in [6.45, 7) is 3.64. The van der Waals surface area contributed by atoms with Gasteiger partial charge >= 0.3 is 6.18 Å². The van der Waals surface area contributed by atoms with Crippen LogP contribution in [0.2, 0.25) is 0 Å². The fourth-order valence-corrected chi connectivity index (χ4v) is 2.67. The molecule has 0 aromatic carbocycles. The van der Waals surface area contributed by atoms with E-state index in [2.05, 4.69) is 23.6 Å². The quantitative estimate of drug-likeness (QED) is 0.688. The normalized spacial score (nSPS) is 17.3. The number of rotatable bonds is 8. The van der Waals surface area contributed by atoms with E-state index in [1.807, 2.05) is 0 Å².